The van der Waals surface area contributed by atoms with Crippen LogP contribution in [-0.2, 0) is 0 Å². The number of fused-ring (bicyclic) bond motifs is 1. The number of hydrogen-bond acceptors (Lipinski definition) is 4. The molecule has 1 aromatic heterocycles. The molecule has 0 spiro atoms. The summed E-state index contributed by atoms with van der Waals surface area (Å²) in [4.78, 5) is 19.4. The molecular formula is C23H25FN2O3. The van der Waals surface area contributed by atoms with E-state index < -0.39 is 0 Å². The van der Waals surface area contributed by atoms with Crippen molar-refractivity contribution < 1.29 is 18.3 Å². The number of carbonyl (C=O) groups excluding carboxylic acids is 1. The minimum atomic E-state index is -0.363. The zero-order valence-corrected chi connectivity index (χ0v) is 16.7. The van der Waals surface area contributed by atoms with Crippen molar-refractivity contribution in [2.45, 2.75) is 32.6 Å². The number of ether oxygens (including phenoxy) is 1. The highest BCUT2D eigenvalue weighted by atomic mass is 19.1. The summed E-state index contributed by atoms with van der Waals surface area (Å²) in [5, 5.41) is 0. The Balaban J connectivity index is 1.43. The van der Waals surface area contributed by atoms with Crippen LogP contribution < -0.4 is 4.74 Å². The van der Waals surface area contributed by atoms with Gasteiger partial charge in [-0.1, -0.05) is 26.0 Å². The molecule has 6 heteroatoms. The maximum absolute atomic E-state index is 13.7. The van der Waals surface area contributed by atoms with E-state index in [2.05, 4.69) is 4.98 Å². The van der Waals surface area contributed by atoms with Gasteiger partial charge in [-0.15, -0.1) is 0 Å². The summed E-state index contributed by atoms with van der Waals surface area (Å²) < 4.78 is 25.1. The number of rotatable bonds is 5. The molecule has 0 aliphatic carbocycles. The van der Waals surface area contributed by atoms with Gasteiger partial charge in [-0.3, -0.25) is 4.79 Å². The van der Waals surface area contributed by atoms with Gasteiger partial charge in [-0.2, -0.15) is 0 Å². The standard InChI is InChI=1S/C23H25FN2O3/c1-15(2)22-25-19-12-17(9-10-21(19)29-22)23(27)26-11-5-6-16(13-26)14-28-20-8-4-3-7-18(20)24/h3-4,7-10,12,15-16H,5-6,11,13-14H2,1-2H3/t16-/m0/s1. The van der Waals surface area contributed by atoms with Crippen molar-refractivity contribution in [1.82, 2.24) is 9.88 Å². The zero-order chi connectivity index (χ0) is 20.4. The second-order valence-electron chi connectivity index (χ2n) is 7.89. The highest BCUT2D eigenvalue weighted by molar-refractivity contribution is 5.97. The van der Waals surface area contributed by atoms with Gasteiger partial charge in [0.25, 0.3) is 5.91 Å². The van der Waals surface area contributed by atoms with Crippen LogP contribution in [0.4, 0.5) is 4.39 Å². The van der Waals surface area contributed by atoms with Gasteiger partial charge in [-0.25, -0.2) is 9.37 Å². The molecule has 4 rings (SSSR count). The molecule has 0 saturated carbocycles. The molecule has 0 unspecified atom stereocenters. The first kappa shape index (κ1) is 19.4. The minimum Gasteiger partial charge on any atom is -0.490 e. The lowest BCUT2D eigenvalue weighted by molar-refractivity contribution is 0.0631. The topological polar surface area (TPSA) is 55.6 Å². The smallest absolute Gasteiger partial charge is 0.253 e. The van der Waals surface area contributed by atoms with Gasteiger partial charge in [0.15, 0.2) is 23.0 Å². The molecule has 0 N–H and O–H groups in total. The van der Waals surface area contributed by atoms with Crippen LogP contribution in [-0.4, -0.2) is 35.5 Å². The van der Waals surface area contributed by atoms with Crippen molar-refractivity contribution in [3.63, 3.8) is 0 Å². The predicted molar refractivity (Wildman–Crippen MR) is 109 cm³/mol. The summed E-state index contributed by atoms with van der Waals surface area (Å²) in [6.45, 7) is 5.75. The van der Waals surface area contributed by atoms with Crippen LogP contribution >= 0.6 is 0 Å². The molecule has 29 heavy (non-hydrogen) atoms. The van der Waals surface area contributed by atoms with Crippen LogP contribution in [0.5, 0.6) is 5.75 Å². The molecule has 1 saturated heterocycles. The van der Waals surface area contributed by atoms with Crippen molar-refractivity contribution >= 4 is 17.0 Å². The molecule has 5 nitrogen and oxygen atoms in total. The Kier molecular flexibility index (Phi) is 5.51. The van der Waals surface area contributed by atoms with Gasteiger partial charge < -0.3 is 14.1 Å². The van der Waals surface area contributed by atoms with E-state index in [0.29, 0.717) is 42.3 Å². The highest BCUT2D eigenvalue weighted by Crippen LogP contribution is 2.25. The van der Waals surface area contributed by atoms with E-state index in [4.69, 9.17) is 9.15 Å². The van der Waals surface area contributed by atoms with E-state index in [1.165, 1.54) is 6.07 Å². The van der Waals surface area contributed by atoms with E-state index in [1.54, 1.807) is 30.3 Å². The highest BCUT2D eigenvalue weighted by Gasteiger charge is 2.25. The average Bonchev–Trinajstić information content (AvgIpc) is 3.17. The maximum Gasteiger partial charge on any atom is 0.253 e. The Morgan fingerprint density at radius 1 is 1.31 bits per heavy atom. The van der Waals surface area contributed by atoms with E-state index >= 15 is 0 Å². The van der Waals surface area contributed by atoms with Gasteiger partial charge in [0, 0.05) is 30.5 Å². The number of hydrogen-bond donors (Lipinski definition) is 0. The van der Waals surface area contributed by atoms with Crippen molar-refractivity contribution in [2.75, 3.05) is 19.7 Å². The fourth-order valence-corrected chi connectivity index (χ4v) is 3.66. The van der Waals surface area contributed by atoms with Crippen LogP contribution in [0.15, 0.2) is 46.9 Å². The van der Waals surface area contributed by atoms with Gasteiger partial charge in [0.1, 0.15) is 5.52 Å². The molecule has 152 valence electrons. The van der Waals surface area contributed by atoms with E-state index in [9.17, 15) is 9.18 Å². The summed E-state index contributed by atoms with van der Waals surface area (Å²) in [6, 6.07) is 11.8. The Morgan fingerprint density at radius 2 is 2.14 bits per heavy atom. The van der Waals surface area contributed by atoms with Gasteiger partial charge >= 0.3 is 0 Å². The van der Waals surface area contributed by atoms with Crippen LogP contribution in [0.25, 0.3) is 11.1 Å². The predicted octanol–water partition coefficient (Wildman–Crippen LogP) is 5.02. The molecule has 2 heterocycles. The first-order chi connectivity index (χ1) is 14.0. The zero-order valence-electron chi connectivity index (χ0n) is 16.7. The Hall–Kier alpha value is -2.89. The van der Waals surface area contributed by atoms with Gasteiger partial charge in [-0.05, 0) is 43.2 Å². The van der Waals surface area contributed by atoms with Crippen LogP contribution in [0.1, 0.15) is 48.9 Å². The number of aromatic nitrogens is 1. The number of amides is 1. The molecule has 1 atom stereocenters. The van der Waals surface area contributed by atoms with Crippen LogP contribution in [0.3, 0.4) is 0 Å². The van der Waals surface area contributed by atoms with Crippen LogP contribution in [0, 0.1) is 11.7 Å². The molecule has 1 fully saturated rings. The van der Waals surface area contributed by atoms with Crippen molar-refractivity contribution in [3.8, 4) is 5.75 Å². The van der Waals surface area contributed by atoms with Gasteiger partial charge in [0.05, 0.1) is 6.61 Å². The molecule has 1 aliphatic rings. The molecule has 3 aromatic rings. The van der Waals surface area contributed by atoms with E-state index in [1.807, 2.05) is 24.8 Å². The third-order valence-electron chi connectivity index (χ3n) is 5.26. The van der Waals surface area contributed by atoms with Crippen molar-refractivity contribution in [2.24, 2.45) is 5.92 Å². The van der Waals surface area contributed by atoms with E-state index in [-0.39, 0.29) is 29.3 Å². The fourth-order valence-electron chi connectivity index (χ4n) is 3.66. The largest absolute Gasteiger partial charge is 0.490 e. The summed E-state index contributed by atoms with van der Waals surface area (Å²) in [7, 11) is 0. The lowest BCUT2D eigenvalue weighted by atomic mass is 9.98. The normalized spacial score (nSPS) is 17.1. The Bertz CT molecular complexity index is 1010. The molecule has 2 aromatic carbocycles. The average molecular weight is 396 g/mol. The number of oxazole rings is 1. The molecule has 0 bridgehead atoms. The number of para-hydroxylation sites is 1. The number of nitrogens with zero attached hydrogens (tertiary/aromatic N) is 2. The molecule has 1 amide bonds. The number of piperidine rings is 1. The summed E-state index contributed by atoms with van der Waals surface area (Å²) in [6.07, 6.45) is 1.86. The quantitative estimate of drug-likeness (QED) is 0.608. The van der Waals surface area contributed by atoms with Crippen LogP contribution in [0.2, 0.25) is 0 Å². The second-order valence-corrected chi connectivity index (χ2v) is 7.89. The van der Waals surface area contributed by atoms with E-state index in [0.717, 1.165) is 12.8 Å². The summed E-state index contributed by atoms with van der Waals surface area (Å²) in [5.41, 5.74) is 2.01. The maximum atomic E-state index is 13.7. The monoisotopic (exact) mass is 396 g/mol. The molecular weight excluding hydrogens is 371 g/mol. The lowest BCUT2D eigenvalue weighted by Crippen LogP contribution is -2.41. The van der Waals surface area contributed by atoms with Crippen molar-refractivity contribution in [3.05, 3.63) is 59.7 Å². The Morgan fingerprint density at radius 3 is 2.93 bits per heavy atom. The number of benzene rings is 2. The number of likely N-dealkylation sites (tertiary alicyclic amines) is 1. The summed E-state index contributed by atoms with van der Waals surface area (Å²) >= 11 is 0. The third-order valence-corrected chi connectivity index (χ3v) is 5.26. The molecule has 1 aliphatic heterocycles. The minimum absolute atomic E-state index is 0.0170. The lowest BCUT2D eigenvalue weighted by Gasteiger charge is -2.32. The number of halogens is 1. The number of carbonyl (C=O) groups is 1. The third kappa shape index (κ3) is 4.26. The van der Waals surface area contributed by atoms with Gasteiger partial charge in [0.2, 0.25) is 0 Å². The first-order valence-electron chi connectivity index (χ1n) is 10.1. The second kappa shape index (κ2) is 8.23. The summed E-state index contributed by atoms with van der Waals surface area (Å²) in [5.74, 6) is 0.922. The first-order valence-corrected chi connectivity index (χ1v) is 10.1. The SMILES string of the molecule is CC(C)c1nc2cc(C(=O)N3CCC[C@H](COc4ccccc4F)C3)ccc2o1. The molecule has 0 radical (unpaired) electrons. The van der Waals surface area contributed by atoms with Crippen molar-refractivity contribution in [1.29, 1.82) is 0 Å². The Labute approximate surface area is 169 Å². The fraction of sp³-hybridized carbons (Fsp3) is 0.391.